The first-order valence-corrected chi connectivity index (χ1v) is 12.3. The molecule has 2 atom stereocenters. The first-order chi connectivity index (χ1) is 18.4. The van der Waals surface area contributed by atoms with Crippen LogP contribution in [0.1, 0.15) is 51.2 Å². The molecule has 0 saturated carbocycles. The van der Waals surface area contributed by atoms with Crippen molar-refractivity contribution in [2.24, 2.45) is 11.1 Å². The molecule has 1 unspecified atom stereocenters. The Bertz CT molecular complexity index is 1440. The molecule has 2 aromatic heterocycles. The van der Waals surface area contributed by atoms with E-state index in [2.05, 4.69) is 25.3 Å². The molecule has 0 spiro atoms. The SMILES string of the molecule is COC(=O)N[C@@H](CC/C=C/C(N)=O)C(=O)Nc1cccn(Cc2nc3c(C(F)C(C)(C)C)cccc3[nH]2)c1=O. The zero-order valence-electron chi connectivity index (χ0n) is 22.3. The number of aromatic nitrogens is 3. The van der Waals surface area contributed by atoms with Crippen LogP contribution in [0.5, 0.6) is 0 Å². The number of hydrogen-bond acceptors (Lipinski definition) is 6. The summed E-state index contributed by atoms with van der Waals surface area (Å²) in [7, 11) is 1.16. The number of benzene rings is 1. The Labute approximate surface area is 224 Å². The Balaban J connectivity index is 1.81. The highest BCUT2D eigenvalue weighted by atomic mass is 19.1. The van der Waals surface area contributed by atoms with Crippen molar-refractivity contribution in [3.8, 4) is 0 Å². The van der Waals surface area contributed by atoms with E-state index in [1.54, 1.807) is 24.3 Å². The Morgan fingerprint density at radius 3 is 2.64 bits per heavy atom. The van der Waals surface area contributed by atoms with Crippen LogP contribution in [0.15, 0.2) is 53.5 Å². The number of nitrogens with one attached hydrogen (secondary N) is 3. The minimum Gasteiger partial charge on any atom is -0.453 e. The van der Waals surface area contributed by atoms with Gasteiger partial charge >= 0.3 is 6.09 Å². The van der Waals surface area contributed by atoms with Crippen LogP contribution in [-0.2, 0) is 20.9 Å². The number of H-pyrrole nitrogens is 1. The van der Waals surface area contributed by atoms with Gasteiger partial charge < -0.3 is 30.7 Å². The van der Waals surface area contributed by atoms with Gasteiger partial charge in [-0.05, 0) is 42.5 Å². The maximum Gasteiger partial charge on any atom is 0.407 e. The number of halogens is 1. The fraction of sp³-hybridized carbons (Fsp3) is 0.370. The van der Waals surface area contributed by atoms with E-state index < -0.39 is 41.1 Å². The van der Waals surface area contributed by atoms with Gasteiger partial charge in [0.1, 0.15) is 23.7 Å². The number of primary amides is 1. The summed E-state index contributed by atoms with van der Waals surface area (Å²) >= 11 is 0. The molecule has 0 saturated heterocycles. The smallest absolute Gasteiger partial charge is 0.407 e. The lowest BCUT2D eigenvalue weighted by atomic mass is 9.85. The third-order valence-corrected chi connectivity index (χ3v) is 5.92. The second-order valence-electron chi connectivity index (χ2n) is 10.1. The maximum absolute atomic E-state index is 15.1. The summed E-state index contributed by atoms with van der Waals surface area (Å²) < 4.78 is 21.1. The van der Waals surface area contributed by atoms with E-state index in [4.69, 9.17) is 5.73 Å². The van der Waals surface area contributed by atoms with Crippen LogP contribution in [0, 0.1) is 5.41 Å². The zero-order chi connectivity index (χ0) is 28.7. The number of carbonyl (C=O) groups excluding carboxylic acids is 3. The highest BCUT2D eigenvalue weighted by molar-refractivity contribution is 5.96. The van der Waals surface area contributed by atoms with Gasteiger partial charge in [0.05, 0.1) is 24.7 Å². The Kier molecular flexibility index (Phi) is 9.23. The number of imidazole rings is 1. The number of rotatable bonds is 10. The van der Waals surface area contributed by atoms with Crippen LogP contribution in [0.3, 0.4) is 0 Å². The molecule has 5 N–H and O–H groups in total. The van der Waals surface area contributed by atoms with Gasteiger partial charge in [-0.2, -0.15) is 0 Å². The van der Waals surface area contributed by atoms with Gasteiger partial charge in [-0.3, -0.25) is 14.4 Å². The largest absolute Gasteiger partial charge is 0.453 e. The number of alkyl carbamates (subject to hydrolysis) is 1. The second-order valence-corrected chi connectivity index (χ2v) is 10.1. The molecule has 3 amide bonds. The lowest BCUT2D eigenvalue weighted by Crippen LogP contribution is -2.44. The number of methoxy groups -OCH3 is 1. The van der Waals surface area contributed by atoms with E-state index in [0.717, 1.165) is 13.2 Å². The van der Waals surface area contributed by atoms with Gasteiger partial charge in [0.25, 0.3) is 5.56 Å². The number of hydrogen-bond donors (Lipinski definition) is 4. The molecule has 3 aromatic rings. The summed E-state index contributed by atoms with van der Waals surface area (Å²) in [6.45, 7) is 5.48. The van der Waals surface area contributed by atoms with Gasteiger partial charge in [-0.15, -0.1) is 0 Å². The molecule has 11 nitrogen and oxygen atoms in total. The molecule has 0 bridgehead atoms. The van der Waals surface area contributed by atoms with E-state index in [9.17, 15) is 19.2 Å². The van der Waals surface area contributed by atoms with Gasteiger partial charge in [0, 0.05) is 11.8 Å². The summed E-state index contributed by atoms with van der Waals surface area (Å²) in [5.74, 6) is -0.843. The number of anilines is 1. The molecule has 0 fully saturated rings. The molecule has 0 aliphatic rings. The number of para-hydroxylation sites is 1. The third-order valence-electron chi connectivity index (χ3n) is 5.92. The molecule has 12 heteroatoms. The summed E-state index contributed by atoms with van der Waals surface area (Å²) in [5.41, 5.74) is 5.54. The minimum atomic E-state index is -1.24. The van der Waals surface area contributed by atoms with Crippen LogP contribution in [0.4, 0.5) is 14.9 Å². The van der Waals surface area contributed by atoms with Crippen LogP contribution in [0.25, 0.3) is 11.0 Å². The molecule has 208 valence electrons. The fourth-order valence-corrected chi connectivity index (χ4v) is 3.92. The molecule has 39 heavy (non-hydrogen) atoms. The topological polar surface area (TPSA) is 161 Å². The molecule has 3 rings (SSSR count). The average molecular weight is 541 g/mol. The molecular formula is C27H33FN6O5. The van der Waals surface area contributed by atoms with E-state index in [0.29, 0.717) is 22.4 Å². The molecule has 0 aliphatic carbocycles. The fourth-order valence-electron chi connectivity index (χ4n) is 3.92. The number of alkyl halides is 1. The number of aromatic amines is 1. The molecular weight excluding hydrogens is 507 g/mol. The number of carbonyl (C=O) groups is 3. The monoisotopic (exact) mass is 540 g/mol. The quantitative estimate of drug-likeness (QED) is 0.289. The number of ether oxygens (including phenoxy) is 1. The zero-order valence-corrected chi connectivity index (χ0v) is 22.3. The normalized spacial score (nSPS) is 13.3. The number of amides is 3. The predicted molar refractivity (Wildman–Crippen MR) is 145 cm³/mol. The number of pyridine rings is 1. The Morgan fingerprint density at radius 1 is 1.23 bits per heavy atom. The Hall–Kier alpha value is -4.48. The first kappa shape index (κ1) is 29.1. The first-order valence-electron chi connectivity index (χ1n) is 12.3. The summed E-state index contributed by atoms with van der Waals surface area (Å²) in [6, 6.07) is 7.22. The Morgan fingerprint density at radius 2 is 1.97 bits per heavy atom. The van der Waals surface area contributed by atoms with Gasteiger partial charge in [-0.1, -0.05) is 39.0 Å². The molecule has 0 aliphatic heterocycles. The highest BCUT2D eigenvalue weighted by Crippen LogP contribution is 2.38. The lowest BCUT2D eigenvalue weighted by Gasteiger charge is -2.24. The van der Waals surface area contributed by atoms with Crippen molar-refractivity contribution in [2.45, 2.75) is 52.4 Å². The van der Waals surface area contributed by atoms with E-state index in [1.165, 1.54) is 22.9 Å². The lowest BCUT2D eigenvalue weighted by molar-refractivity contribution is -0.118. The maximum atomic E-state index is 15.1. The van der Waals surface area contributed by atoms with Gasteiger partial charge in [0.15, 0.2) is 0 Å². The van der Waals surface area contributed by atoms with Crippen molar-refractivity contribution in [2.75, 3.05) is 12.4 Å². The van der Waals surface area contributed by atoms with Crippen molar-refractivity contribution < 1.29 is 23.5 Å². The number of nitrogens with two attached hydrogens (primary N) is 1. The van der Waals surface area contributed by atoms with Crippen LogP contribution >= 0.6 is 0 Å². The van der Waals surface area contributed by atoms with Crippen molar-refractivity contribution in [1.82, 2.24) is 19.9 Å². The predicted octanol–water partition coefficient (Wildman–Crippen LogP) is 3.31. The molecule has 2 heterocycles. The number of fused-ring (bicyclic) bond motifs is 1. The van der Waals surface area contributed by atoms with Crippen molar-refractivity contribution in [1.29, 1.82) is 0 Å². The average Bonchev–Trinajstić information content (AvgIpc) is 3.29. The minimum absolute atomic E-state index is 0.0137. The van der Waals surface area contributed by atoms with Crippen molar-refractivity contribution in [3.63, 3.8) is 0 Å². The van der Waals surface area contributed by atoms with Gasteiger partial charge in [0.2, 0.25) is 11.8 Å². The number of allylic oxidation sites excluding steroid dienone is 1. The van der Waals surface area contributed by atoms with Crippen molar-refractivity contribution >= 4 is 34.6 Å². The summed E-state index contributed by atoms with van der Waals surface area (Å²) in [4.78, 5) is 56.4. The third kappa shape index (κ3) is 7.53. The van der Waals surface area contributed by atoms with E-state index in [1.807, 2.05) is 20.8 Å². The summed E-state index contributed by atoms with van der Waals surface area (Å²) in [5, 5.41) is 4.96. The summed E-state index contributed by atoms with van der Waals surface area (Å²) in [6.07, 6.45) is 2.48. The molecule has 0 radical (unpaired) electrons. The van der Waals surface area contributed by atoms with E-state index >= 15 is 4.39 Å². The number of nitrogens with zero attached hydrogens (tertiary/aromatic N) is 2. The van der Waals surface area contributed by atoms with Crippen LogP contribution < -0.4 is 21.9 Å². The molecule has 1 aromatic carbocycles. The van der Waals surface area contributed by atoms with E-state index in [-0.39, 0.29) is 25.1 Å². The van der Waals surface area contributed by atoms with Crippen molar-refractivity contribution in [3.05, 3.63) is 70.4 Å². The highest BCUT2D eigenvalue weighted by Gasteiger charge is 2.28. The van der Waals surface area contributed by atoms with Crippen LogP contribution in [-0.4, -0.2) is 45.6 Å². The van der Waals surface area contributed by atoms with Crippen LogP contribution in [0.2, 0.25) is 0 Å². The second kappa shape index (κ2) is 12.4. The standard InChI is InChI=1S/C27H33FN6O5/c1-27(2,3)23(28)16-9-7-11-17-22(16)33-21(30-17)15-34-14-8-12-19(25(34)37)31-24(36)18(32-26(38)39-4)10-5-6-13-20(29)35/h6-9,11-14,18,23H,5,10,15H2,1-4H3,(H2,29,35)(H,30,33)(H,31,36)(H,32,38)/b13-6+/t18-,23?/m0/s1. The van der Waals surface area contributed by atoms with Gasteiger partial charge in [-0.25, -0.2) is 14.2 Å².